The van der Waals surface area contributed by atoms with Crippen LogP contribution in [0.3, 0.4) is 0 Å². The minimum atomic E-state index is -0.323. The van der Waals surface area contributed by atoms with Crippen molar-refractivity contribution < 1.29 is 9.18 Å². The second-order valence-corrected chi connectivity index (χ2v) is 7.12. The van der Waals surface area contributed by atoms with E-state index in [0.717, 1.165) is 48.3 Å². The van der Waals surface area contributed by atoms with E-state index in [1.165, 1.54) is 0 Å². The molecule has 1 saturated heterocycles. The van der Waals surface area contributed by atoms with Gasteiger partial charge in [0.15, 0.2) is 0 Å². The molecular weight excluding hydrogens is 357 g/mol. The maximum Gasteiger partial charge on any atom is 0.270 e. The van der Waals surface area contributed by atoms with E-state index in [1.54, 1.807) is 12.4 Å². The van der Waals surface area contributed by atoms with Crippen molar-refractivity contribution in [2.75, 3.05) is 38.3 Å². The largest absolute Gasteiger partial charge is 0.366 e. The van der Waals surface area contributed by atoms with E-state index < -0.39 is 0 Å². The smallest absolute Gasteiger partial charge is 0.270 e. The Kier molecular flexibility index (Phi) is 5.62. The van der Waals surface area contributed by atoms with Crippen LogP contribution in [0.25, 0.3) is 11.1 Å². The number of hydrogen-bond donors (Lipinski definition) is 2. The first-order valence-electron chi connectivity index (χ1n) is 9.67. The molecule has 2 aromatic rings. The Bertz CT molecular complexity index is 862. The number of hydrogen-bond acceptors (Lipinski definition) is 5. The third kappa shape index (κ3) is 4.04. The van der Waals surface area contributed by atoms with Gasteiger partial charge in [0.05, 0.1) is 0 Å². The van der Waals surface area contributed by atoms with E-state index in [0.29, 0.717) is 18.9 Å². The fourth-order valence-corrected chi connectivity index (χ4v) is 3.76. The highest BCUT2D eigenvalue weighted by Gasteiger charge is 2.25. The number of piperidine rings is 1. The number of halogens is 1. The standard InChI is InChI=1S/C21H24FN5O/c22-7-11-27-9-5-17(6-10-27)26-21(28)20-18-12-15(16-2-1-8-23-13-16)3-4-19(18)24-14-25-20/h1-4,8,12-13,17,24H,5-7,9-11,14H2,(H,26,28). The molecule has 1 amide bonds. The monoisotopic (exact) mass is 381 g/mol. The molecule has 1 aromatic carbocycles. The molecule has 0 spiro atoms. The molecule has 3 heterocycles. The van der Waals surface area contributed by atoms with Crippen LogP contribution in [0.5, 0.6) is 0 Å². The van der Waals surface area contributed by atoms with Gasteiger partial charge in [0.2, 0.25) is 0 Å². The number of alkyl halides is 1. The molecule has 2 aliphatic rings. The molecule has 0 atom stereocenters. The Morgan fingerprint density at radius 2 is 2.11 bits per heavy atom. The number of anilines is 1. The number of nitrogens with zero attached hydrogens (tertiary/aromatic N) is 3. The third-order valence-corrected chi connectivity index (χ3v) is 5.31. The maximum atomic E-state index is 12.9. The molecule has 2 aliphatic heterocycles. The first-order valence-corrected chi connectivity index (χ1v) is 9.67. The molecule has 2 N–H and O–H groups in total. The van der Waals surface area contributed by atoms with Crippen LogP contribution >= 0.6 is 0 Å². The van der Waals surface area contributed by atoms with Gasteiger partial charge in [-0.3, -0.25) is 14.8 Å². The summed E-state index contributed by atoms with van der Waals surface area (Å²) >= 11 is 0. The van der Waals surface area contributed by atoms with E-state index >= 15 is 0 Å². The summed E-state index contributed by atoms with van der Waals surface area (Å²) in [5.74, 6) is -0.143. The van der Waals surface area contributed by atoms with Gasteiger partial charge in [0, 0.05) is 54.9 Å². The number of carbonyl (C=O) groups is 1. The van der Waals surface area contributed by atoms with Gasteiger partial charge in [-0.15, -0.1) is 0 Å². The fraction of sp³-hybridized carbons (Fsp3) is 0.381. The first-order chi connectivity index (χ1) is 13.7. The maximum absolute atomic E-state index is 12.9. The molecule has 146 valence electrons. The molecule has 0 bridgehead atoms. The predicted octanol–water partition coefficient (Wildman–Crippen LogP) is 2.47. The number of nitrogens with one attached hydrogen (secondary N) is 2. The predicted molar refractivity (Wildman–Crippen MR) is 108 cm³/mol. The van der Waals surface area contributed by atoms with E-state index in [4.69, 9.17) is 0 Å². The molecule has 0 aliphatic carbocycles. The Labute approximate surface area is 163 Å². The highest BCUT2D eigenvalue weighted by atomic mass is 19.1. The molecule has 28 heavy (non-hydrogen) atoms. The van der Waals surface area contributed by atoms with Crippen molar-refractivity contribution in [2.24, 2.45) is 4.99 Å². The highest BCUT2D eigenvalue weighted by Crippen LogP contribution is 2.27. The van der Waals surface area contributed by atoms with E-state index in [1.807, 2.05) is 30.3 Å². The Hall–Kier alpha value is -2.80. The van der Waals surface area contributed by atoms with Gasteiger partial charge in [-0.1, -0.05) is 12.1 Å². The van der Waals surface area contributed by atoms with E-state index in [-0.39, 0.29) is 18.6 Å². The van der Waals surface area contributed by atoms with Gasteiger partial charge in [0.1, 0.15) is 19.1 Å². The average Bonchev–Trinajstić information content (AvgIpc) is 2.75. The molecule has 7 heteroatoms. The van der Waals surface area contributed by atoms with E-state index in [2.05, 4.69) is 25.5 Å². The molecule has 0 saturated carbocycles. The van der Waals surface area contributed by atoms with Crippen LogP contribution in [0.15, 0.2) is 47.7 Å². The summed E-state index contributed by atoms with van der Waals surface area (Å²) < 4.78 is 12.5. The van der Waals surface area contributed by atoms with Crippen LogP contribution in [0.4, 0.5) is 10.1 Å². The van der Waals surface area contributed by atoms with Crippen LogP contribution in [-0.4, -0.2) is 60.5 Å². The van der Waals surface area contributed by atoms with Crippen LogP contribution in [0.1, 0.15) is 18.4 Å². The SMILES string of the molecule is O=C(NC1CCN(CCF)CC1)C1=NCNc2ccc(-c3cccnc3)cc21. The summed E-state index contributed by atoms with van der Waals surface area (Å²) in [5.41, 5.74) is 4.17. The van der Waals surface area contributed by atoms with Crippen molar-refractivity contribution in [3.05, 3.63) is 48.3 Å². The molecular formula is C21H24FN5O. The molecule has 0 radical (unpaired) electrons. The first kappa shape index (κ1) is 18.6. The summed E-state index contributed by atoms with van der Waals surface area (Å²) in [6, 6.07) is 9.97. The zero-order chi connectivity index (χ0) is 19.3. The Balaban J connectivity index is 1.49. The molecule has 0 unspecified atom stereocenters. The van der Waals surface area contributed by atoms with Crippen molar-refractivity contribution in [3.8, 4) is 11.1 Å². The lowest BCUT2D eigenvalue weighted by atomic mass is 9.98. The molecule has 1 aromatic heterocycles. The summed E-state index contributed by atoms with van der Waals surface area (Å²) in [5, 5.41) is 6.35. The number of amides is 1. The van der Waals surface area contributed by atoms with Crippen LogP contribution < -0.4 is 10.6 Å². The van der Waals surface area contributed by atoms with Crippen molar-refractivity contribution in [1.29, 1.82) is 0 Å². The van der Waals surface area contributed by atoms with Crippen LogP contribution in [0, 0.1) is 0 Å². The number of rotatable bonds is 5. The number of fused-ring (bicyclic) bond motifs is 1. The van der Waals surface area contributed by atoms with Gasteiger partial charge < -0.3 is 15.5 Å². The number of benzene rings is 1. The van der Waals surface area contributed by atoms with Crippen molar-refractivity contribution in [3.63, 3.8) is 0 Å². The van der Waals surface area contributed by atoms with Crippen molar-refractivity contribution >= 4 is 17.3 Å². The van der Waals surface area contributed by atoms with Crippen LogP contribution in [-0.2, 0) is 4.79 Å². The zero-order valence-corrected chi connectivity index (χ0v) is 15.7. The average molecular weight is 381 g/mol. The summed E-state index contributed by atoms with van der Waals surface area (Å²) in [7, 11) is 0. The molecule has 4 rings (SSSR count). The summed E-state index contributed by atoms with van der Waals surface area (Å²) in [6.07, 6.45) is 5.21. The number of aromatic nitrogens is 1. The topological polar surface area (TPSA) is 69.6 Å². The van der Waals surface area contributed by atoms with Gasteiger partial charge in [-0.2, -0.15) is 0 Å². The highest BCUT2D eigenvalue weighted by molar-refractivity contribution is 6.47. The molecule has 6 nitrogen and oxygen atoms in total. The Morgan fingerprint density at radius 1 is 1.25 bits per heavy atom. The van der Waals surface area contributed by atoms with Crippen molar-refractivity contribution in [2.45, 2.75) is 18.9 Å². The number of aliphatic imine (C=N–C) groups is 1. The third-order valence-electron chi connectivity index (χ3n) is 5.31. The zero-order valence-electron chi connectivity index (χ0n) is 15.7. The lowest BCUT2D eigenvalue weighted by Crippen LogP contribution is -2.47. The lowest BCUT2D eigenvalue weighted by molar-refractivity contribution is -0.115. The quantitative estimate of drug-likeness (QED) is 0.835. The van der Waals surface area contributed by atoms with Crippen molar-refractivity contribution in [1.82, 2.24) is 15.2 Å². The second-order valence-electron chi connectivity index (χ2n) is 7.12. The van der Waals surface area contributed by atoms with Gasteiger partial charge >= 0.3 is 0 Å². The summed E-state index contributed by atoms with van der Waals surface area (Å²) in [4.78, 5) is 23.6. The lowest BCUT2D eigenvalue weighted by Gasteiger charge is -2.32. The van der Waals surface area contributed by atoms with E-state index in [9.17, 15) is 9.18 Å². The second kappa shape index (κ2) is 8.48. The normalized spacial score (nSPS) is 17.4. The van der Waals surface area contributed by atoms with Gasteiger partial charge in [-0.05, 0) is 36.6 Å². The Morgan fingerprint density at radius 3 is 2.86 bits per heavy atom. The summed E-state index contributed by atoms with van der Waals surface area (Å²) in [6.45, 7) is 2.16. The minimum Gasteiger partial charge on any atom is -0.366 e. The minimum absolute atomic E-state index is 0.103. The number of carbonyl (C=O) groups excluding carboxylic acids is 1. The fourth-order valence-electron chi connectivity index (χ4n) is 3.76. The number of likely N-dealkylation sites (tertiary alicyclic amines) is 1. The van der Waals surface area contributed by atoms with Gasteiger partial charge in [-0.25, -0.2) is 4.39 Å². The van der Waals surface area contributed by atoms with Gasteiger partial charge in [0.25, 0.3) is 5.91 Å². The van der Waals surface area contributed by atoms with Crippen LogP contribution in [0.2, 0.25) is 0 Å². The molecule has 1 fully saturated rings. The number of pyridine rings is 1.